The molecule has 3 nitrogen and oxygen atoms in total. The van der Waals surface area contributed by atoms with E-state index in [1.54, 1.807) is 22.6 Å². The van der Waals surface area contributed by atoms with E-state index < -0.39 is 29.4 Å². The van der Waals surface area contributed by atoms with Gasteiger partial charge in [-0.1, -0.05) is 0 Å². The summed E-state index contributed by atoms with van der Waals surface area (Å²) < 4.78 is 37.7. The van der Waals surface area contributed by atoms with Gasteiger partial charge in [-0.2, -0.15) is 4.39 Å². The van der Waals surface area contributed by atoms with Gasteiger partial charge < -0.3 is 5.73 Å². The van der Waals surface area contributed by atoms with Crippen molar-refractivity contribution in [2.75, 3.05) is 0 Å². The topological polar surface area (TPSA) is 56.0 Å². The molecule has 0 atom stereocenters. The first-order valence-electron chi connectivity index (χ1n) is 3.37. The number of hydrogen-bond acceptors (Lipinski definition) is 2. The van der Waals surface area contributed by atoms with Gasteiger partial charge in [-0.05, 0) is 28.7 Å². The number of hydrogen-bond donors (Lipinski definition) is 1. The number of primary amides is 1. The molecule has 1 amide bonds. The van der Waals surface area contributed by atoms with Crippen molar-refractivity contribution in [3.05, 3.63) is 26.8 Å². The summed E-state index contributed by atoms with van der Waals surface area (Å²) in [6, 6.07) is 0.925. The highest BCUT2D eigenvalue weighted by molar-refractivity contribution is 14.1. The molecule has 7 heteroatoms. The van der Waals surface area contributed by atoms with E-state index in [4.69, 9.17) is 5.73 Å². The molecule has 0 unspecified atom stereocenters. The Kier molecular flexibility index (Phi) is 3.29. The van der Waals surface area contributed by atoms with Crippen LogP contribution in [0.1, 0.15) is 22.3 Å². The van der Waals surface area contributed by atoms with Gasteiger partial charge in [-0.15, -0.1) is 0 Å². The molecule has 0 aromatic carbocycles. The molecule has 0 fully saturated rings. The minimum Gasteiger partial charge on any atom is -0.365 e. The van der Waals surface area contributed by atoms with E-state index in [0.29, 0.717) is 0 Å². The summed E-state index contributed by atoms with van der Waals surface area (Å²) in [5, 5.41) is 0. The Hall–Kier alpha value is -0.860. The van der Waals surface area contributed by atoms with Crippen LogP contribution in [0.15, 0.2) is 6.07 Å². The molecular formula is C7H4F3IN2O. The minimum absolute atomic E-state index is 0.0420. The Morgan fingerprint density at radius 3 is 2.57 bits per heavy atom. The second-order valence-corrected chi connectivity index (χ2v) is 3.47. The third kappa shape index (κ3) is 2.14. The van der Waals surface area contributed by atoms with Crippen LogP contribution in [0.5, 0.6) is 0 Å². The summed E-state index contributed by atoms with van der Waals surface area (Å²) in [5.41, 5.74) is 3.17. The number of nitrogens with zero attached hydrogens (tertiary/aromatic N) is 1. The van der Waals surface area contributed by atoms with Crippen LogP contribution in [0.4, 0.5) is 13.2 Å². The Bertz CT molecular complexity index is 383. The van der Waals surface area contributed by atoms with E-state index in [2.05, 4.69) is 4.98 Å². The van der Waals surface area contributed by atoms with Crippen molar-refractivity contribution in [1.82, 2.24) is 4.98 Å². The van der Waals surface area contributed by atoms with E-state index in [-0.39, 0.29) is 3.70 Å². The highest BCUT2D eigenvalue weighted by Gasteiger charge is 2.22. The van der Waals surface area contributed by atoms with Crippen molar-refractivity contribution in [1.29, 1.82) is 0 Å². The third-order valence-electron chi connectivity index (χ3n) is 1.46. The van der Waals surface area contributed by atoms with Crippen molar-refractivity contribution in [3.8, 4) is 0 Å². The Labute approximate surface area is 90.6 Å². The fourth-order valence-corrected chi connectivity index (χ4v) is 1.46. The van der Waals surface area contributed by atoms with E-state index in [1.807, 2.05) is 0 Å². The molecule has 0 bridgehead atoms. The predicted molar refractivity (Wildman–Crippen MR) is 50.4 cm³/mol. The summed E-state index contributed by atoms with van der Waals surface area (Å²) in [4.78, 5) is 13.9. The van der Waals surface area contributed by atoms with Crippen molar-refractivity contribution < 1.29 is 18.0 Å². The maximum absolute atomic E-state index is 13.0. The van der Waals surface area contributed by atoms with E-state index in [9.17, 15) is 18.0 Å². The predicted octanol–water partition coefficient (Wildman–Crippen LogP) is 1.86. The van der Waals surface area contributed by atoms with Gasteiger partial charge in [0.05, 0.1) is 0 Å². The number of rotatable bonds is 2. The number of carbonyl (C=O) groups excluding carboxylic acids is 1. The molecule has 2 N–H and O–H groups in total. The van der Waals surface area contributed by atoms with Crippen LogP contribution in [-0.4, -0.2) is 10.9 Å². The molecule has 76 valence electrons. The van der Waals surface area contributed by atoms with E-state index in [0.717, 1.165) is 6.07 Å². The van der Waals surface area contributed by atoms with Gasteiger partial charge in [-0.3, -0.25) is 4.79 Å². The fraction of sp³-hybridized carbons (Fsp3) is 0.143. The van der Waals surface area contributed by atoms with Crippen molar-refractivity contribution in [2.24, 2.45) is 5.73 Å². The molecule has 1 aromatic heterocycles. The summed E-state index contributed by atoms with van der Waals surface area (Å²) in [6.45, 7) is 0. The number of carbonyl (C=O) groups is 1. The lowest BCUT2D eigenvalue weighted by Gasteiger charge is -2.06. The van der Waals surface area contributed by atoms with Crippen molar-refractivity contribution in [2.45, 2.75) is 6.43 Å². The van der Waals surface area contributed by atoms with Crippen molar-refractivity contribution >= 4 is 28.5 Å². The summed E-state index contributed by atoms with van der Waals surface area (Å²) in [6.07, 6.45) is -2.96. The highest BCUT2D eigenvalue weighted by Crippen LogP contribution is 2.25. The second kappa shape index (κ2) is 4.11. The van der Waals surface area contributed by atoms with Gasteiger partial charge in [0, 0.05) is 5.56 Å². The van der Waals surface area contributed by atoms with E-state index >= 15 is 0 Å². The van der Waals surface area contributed by atoms with Crippen LogP contribution in [0.3, 0.4) is 0 Å². The van der Waals surface area contributed by atoms with Gasteiger partial charge in [0.15, 0.2) is 0 Å². The maximum atomic E-state index is 13.0. The molecule has 1 rings (SSSR count). The molecule has 0 saturated heterocycles. The van der Waals surface area contributed by atoms with Crippen LogP contribution in [0.2, 0.25) is 0 Å². The minimum atomic E-state index is -2.96. The zero-order chi connectivity index (χ0) is 10.9. The molecule has 0 aliphatic rings. The smallest absolute Gasteiger partial charge is 0.264 e. The largest absolute Gasteiger partial charge is 0.365 e. The molecule has 1 aromatic rings. The van der Waals surface area contributed by atoms with E-state index in [1.165, 1.54) is 0 Å². The SMILES string of the molecule is NC(=O)c1c(C(F)F)cc(I)nc1F. The molecular weight excluding hydrogens is 312 g/mol. The van der Waals surface area contributed by atoms with Gasteiger partial charge in [0.2, 0.25) is 5.95 Å². The standard InChI is InChI=1S/C7H4F3IN2O/c8-5(9)2-1-3(11)13-6(10)4(2)7(12)14/h1,5H,(H2,12,14). The fourth-order valence-electron chi connectivity index (χ4n) is 0.918. The first kappa shape index (κ1) is 11.2. The molecule has 0 saturated carbocycles. The van der Waals surface area contributed by atoms with Gasteiger partial charge in [0.1, 0.15) is 9.26 Å². The molecule has 14 heavy (non-hydrogen) atoms. The highest BCUT2D eigenvalue weighted by atomic mass is 127. The molecule has 0 radical (unpaired) electrons. The van der Waals surface area contributed by atoms with Gasteiger partial charge >= 0.3 is 0 Å². The molecule has 1 heterocycles. The second-order valence-electron chi connectivity index (χ2n) is 2.36. The zero-order valence-electron chi connectivity index (χ0n) is 6.60. The monoisotopic (exact) mass is 316 g/mol. The molecule has 0 spiro atoms. The average molecular weight is 316 g/mol. The number of nitrogens with two attached hydrogens (primary N) is 1. The number of alkyl halides is 2. The number of aromatic nitrogens is 1. The first-order chi connectivity index (χ1) is 6.43. The third-order valence-corrected chi connectivity index (χ3v) is 2.01. The lowest BCUT2D eigenvalue weighted by molar-refractivity contribution is 0.0979. The Morgan fingerprint density at radius 2 is 2.14 bits per heavy atom. The normalized spacial score (nSPS) is 10.6. The van der Waals surface area contributed by atoms with Crippen LogP contribution in [0.25, 0.3) is 0 Å². The lowest BCUT2D eigenvalue weighted by Crippen LogP contribution is -2.17. The maximum Gasteiger partial charge on any atom is 0.264 e. The quantitative estimate of drug-likeness (QED) is 0.669. The molecule has 0 aliphatic carbocycles. The summed E-state index contributed by atoms with van der Waals surface area (Å²) in [7, 11) is 0. The van der Waals surface area contributed by atoms with Crippen LogP contribution in [0, 0.1) is 9.65 Å². The van der Waals surface area contributed by atoms with Crippen LogP contribution >= 0.6 is 22.6 Å². The van der Waals surface area contributed by atoms with Crippen LogP contribution < -0.4 is 5.73 Å². The number of pyridine rings is 1. The average Bonchev–Trinajstić information content (AvgIpc) is 2.01. The number of halogens is 4. The Balaban J connectivity index is 3.44. The van der Waals surface area contributed by atoms with Crippen molar-refractivity contribution in [3.63, 3.8) is 0 Å². The van der Waals surface area contributed by atoms with Gasteiger partial charge in [0.25, 0.3) is 12.3 Å². The zero-order valence-corrected chi connectivity index (χ0v) is 8.76. The first-order valence-corrected chi connectivity index (χ1v) is 4.45. The Morgan fingerprint density at radius 1 is 1.57 bits per heavy atom. The number of amides is 1. The van der Waals surface area contributed by atoms with Gasteiger partial charge in [-0.25, -0.2) is 13.8 Å². The molecule has 0 aliphatic heterocycles. The summed E-state index contributed by atoms with van der Waals surface area (Å²) >= 11 is 1.57. The summed E-state index contributed by atoms with van der Waals surface area (Å²) in [5.74, 6) is -2.51. The van der Waals surface area contributed by atoms with Crippen LogP contribution in [-0.2, 0) is 0 Å². The lowest BCUT2D eigenvalue weighted by atomic mass is 10.1.